The van der Waals surface area contributed by atoms with E-state index in [2.05, 4.69) is 5.32 Å². The summed E-state index contributed by atoms with van der Waals surface area (Å²) >= 11 is 0. The van der Waals surface area contributed by atoms with Crippen molar-refractivity contribution >= 4 is 0 Å². The molecule has 0 radical (unpaired) electrons. The molecular weight excluding hydrogens is 214 g/mol. The summed E-state index contributed by atoms with van der Waals surface area (Å²) in [4.78, 5) is 0. The van der Waals surface area contributed by atoms with E-state index in [1.807, 2.05) is 6.07 Å². The molecule has 1 N–H and O–H groups in total. The van der Waals surface area contributed by atoms with Crippen LogP contribution in [0.2, 0.25) is 0 Å². The molecule has 1 atom stereocenters. The summed E-state index contributed by atoms with van der Waals surface area (Å²) in [5, 5.41) is 11.7. The number of hydrogen-bond acceptors (Lipinski definition) is 3. The van der Waals surface area contributed by atoms with Gasteiger partial charge in [-0.25, -0.2) is 8.78 Å². The Balaban J connectivity index is 2.75. The predicted octanol–water partition coefficient (Wildman–Crippen LogP) is 1.77. The molecule has 0 aromatic heterocycles. The van der Waals surface area contributed by atoms with E-state index < -0.39 is 17.7 Å². The maximum atomic E-state index is 12.9. The average molecular weight is 226 g/mol. The summed E-state index contributed by atoms with van der Waals surface area (Å²) in [7, 11) is 1.53. The average Bonchev–Trinajstić information content (AvgIpc) is 2.23. The molecule has 0 saturated carbocycles. The Morgan fingerprint density at radius 2 is 2.00 bits per heavy atom. The summed E-state index contributed by atoms with van der Waals surface area (Å²) in [5.41, 5.74) is 0.274. The molecule has 1 unspecified atom stereocenters. The second-order valence-corrected chi connectivity index (χ2v) is 3.21. The Bertz CT molecular complexity index is 370. The van der Waals surface area contributed by atoms with Crippen LogP contribution in [0.15, 0.2) is 18.2 Å². The van der Waals surface area contributed by atoms with E-state index in [0.717, 1.165) is 18.2 Å². The van der Waals surface area contributed by atoms with E-state index in [1.54, 1.807) is 0 Å². The smallest absolute Gasteiger partial charge is 0.126 e. The van der Waals surface area contributed by atoms with Crippen molar-refractivity contribution in [3.05, 3.63) is 35.4 Å². The lowest BCUT2D eigenvalue weighted by atomic mass is 10.1. The van der Waals surface area contributed by atoms with Gasteiger partial charge in [0.05, 0.1) is 12.7 Å². The standard InChI is InChI=1S/C11H12F2N2O/c1-16-3-2-15-11(7-14)8-4-9(12)6-10(13)5-8/h4-6,11,15H,2-3H2,1H3. The molecule has 86 valence electrons. The molecule has 16 heavy (non-hydrogen) atoms. The minimum absolute atomic E-state index is 0.274. The van der Waals surface area contributed by atoms with Gasteiger partial charge in [-0.1, -0.05) is 0 Å². The highest BCUT2D eigenvalue weighted by Gasteiger charge is 2.11. The van der Waals surface area contributed by atoms with Gasteiger partial charge in [-0.15, -0.1) is 0 Å². The number of hydrogen-bond donors (Lipinski definition) is 1. The van der Waals surface area contributed by atoms with Crippen LogP contribution in [-0.2, 0) is 4.74 Å². The molecule has 0 amide bonds. The van der Waals surface area contributed by atoms with Crippen LogP contribution in [-0.4, -0.2) is 20.3 Å². The van der Waals surface area contributed by atoms with Gasteiger partial charge < -0.3 is 4.74 Å². The van der Waals surface area contributed by atoms with Gasteiger partial charge in [0.1, 0.15) is 17.7 Å². The number of benzene rings is 1. The minimum Gasteiger partial charge on any atom is -0.383 e. The number of methoxy groups -OCH3 is 1. The van der Waals surface area contributed by atoms with Crippen LogP contribution < -0.4 is 5.32 Å². The van der Waals surface area contributed by atoms with Crippen molar-refractivity contribution in [3.63, 3.8) is 0 Å². The molecule has 0 aliphatic carbocycles. The summed E-state index contributed by atoms with van der Waals surface area (Å²) in [6, 6.07) is 4.24. The zero-order chi connectivity index (χ0) is 12.0. The van der Waals surface area contributed by atoms with Gasteiger partial charge >= 0.3 is 0 Å². The van der Waals surface area contributed by atoms with Gasteiger partial charge in [0.15, 0.2) is 0 Å². The van der Waals surface area contributed by atoms with E-state index in [9.17, 15) is 8.78 Å². The molecule has 0 heterocycles. The summed E-state index contributed by atoms with van der Waals surface area (Å²) in [6.07, 6.45) is 0. The summed E-state index contributed by atoms with van der Waals surface area (Å²) in [5.74, 6) is -1.38. The van der Waals surface area contributed by atoms with E-state index in [0.29, 0.717) is 13.2 Å². The third-order valence-corrected chi connectivity index (χ3v) is 2.00. The molecule has 0 saturated heterocycles. The third kappa shape index (κ3) is 3.57. The van der Waals surface area contributed by atoms with Crippen LogP contribution in [0.1, 0.15) is 11.6 Å². The van der Waals surface area contributed by atoms with Crippen LogP contribution in [0.25, 0.3) is 0 Å². The maximum Gasteiger partial charge on any atom is 0.126 e. The lowest BCUT2D eigenvalue weighted by Gasteiger charge is -2.11. The Hall–Kier alpha value is -1.51. The molecule has 0 spiro atoms. The molecule has 0 bridgehead atoms. The maximum absolute atomic E-state index is 12.9. The molecule has 1 aromatic carbocycles. The SMILES string of the molecule is COCCNC(C#N)c1cc(F)cc(F)c1. The van der Waals surface area contributed by atoms with Crippen LogP contribution in [0, 0.1) is 23.0 Å². The highest BCUT2D eigenvalue weighted by Crippen LogP contribution is 2.15. The van der Waals surface area contributed by atoms with Gasteiger partial charge in [0, 0.05) is 19.7 Å². The lowest BCUT2D eigenvalue weighted by molar-refractivity contribution is 0.198. The Morgan fingerprint density at radius 1 is 1.38 bits per heavy atom. The van der Waals surface area contributed by atoms with Gasteiger partial charge in [-0.3, -0.25) is 5.32 Å². The normalized spacial score (nSPS) is 12.1. The number of nitrogens with one attached hydrogen (secondary N) is 1. The van der Waals surface area contributed by atoms with Gasteiger partial charge in [-0.2, -0.15) is 5.26 Å². The predicted molar refractivity (Wildman–Crippen MR) is 54.6 cm³/mol. The molecular formula is C11H12F2N2O. The van der Waals surface area contributed by atoms with Crippen LogP contribution in [0.5, 0.6) is 0 Å². The Morgan fingerprint density at radius 3 is 2.50 bits per heavy atom. The van der Waals surface area contributed by atoms with Crippen LogP contribution in [0.3, 0.4) is 0 Å². The molecule has 0 aliphatic rings. The van der Waals surface area contributed by atoms with E-state index >= 15 is 0 Å². The first kappa shape index (κ1) is 12.6. The van der Waals surface area contributed by atoms with Gasteiger partial charge in [-0.05, 0) is 17.7 Å². The quantitative estimate of drug-likeness (QED) is 0.778. The first-order valence-corrected chi connectivity index (χ1v) is 4.75. The van der Waals surface area contributed by atoms with Gasteiger partial charge in [0.2, 0.25) is 0 Å². The molecule has 5 heteroatoms. The number of rotatable bonds is 5. The number of ether oxygens (including phenoxy) is 1. The molecule has 0 aliphatic heterocycles. The highest BCUT2D eigenvalue weighted by atomic mass is 19.1. The fraction of sp³-hybridized carbons (Fsp3) is 0.364. The topological polar surface area (TPSA) is 45.0 Å². The number of nitriles is 1. The monoisotopic (exact) mass is 226 g/mol. The zero-order valence-electron chi connectivity index (χ0n) is 8.84. The summed E-state index contributed by atoms with van der Waals surface area (Å²) < 4.78 is 30.6. The fourth-order valence-corrected chi connectivity index (χ4v) is 1.29. The largest absolute Gasteiger partial charge is 0.383 e. The summed E-state index contributed by atoms with van der Waals surface area (Å²) in [6.45, 7) is 0.864. The van der Waals surface area contributed by atoms with Gasteiger partial charge in [0.25, 0.3) is 0 Å². The van der Waals surface area contributed by atoms with Crippen molar-refractivity contribution in [1.29, 1.82) is 5.26 Å². The van der Waals surface area contributed by atoms with Crippen molar-refractivity contribution in [2.75, 3.05) is 20.3 Å². The first-order chi connectivity index (χ1) is 7.67. The van der Waals surface area contributed by atoms with Crippen molar-refractivity contribution in [2.24, 2.45) is 0 Å². The number of nitrogens with zero attached hydrogens (tertiary/aromatic N) is 1. The van der Waals surface area contributed by atoms with E-state index in [-0.39, 0.29) is 5.56 Å². The van der Waals surface area contributed by atoms with E-state index in [1.165, 1.54) is 7.11 Å². The second-order valence-electron chi connectivity index (χ2n) is 3.21. The second kappa shape index (κ2) is 6.16. The van der Waals surface area contributed by atoms with Crippen molar-refractivity contribution in [2.45, 2.75) is 6.04 Å². The van der Waals surface area contributed by atoms with Crippen LogP contribution >= 0.6 is 0 Å². The molecule has 0 fully saturated rings. The van der Waals surface area contributed by atoms with E-state index in [4.69, 9.17) is 10.00 Å². The van der Waals surface area contributed by atoms with Crippen molar-refractivity contribution in [3.8, 4) is 6.07 Å². The van der Waals surface area contributed by atoms with Crippen LogP contribution in [0.4, 0.5) is 8.78 Å². The van der Waals surface area contributed by atoms with Crippen molar-refractivity contribution in [1.82, 2.24) is 5.32 Å². The third-order valence-electron chi connectivity index (χ3n) is 2.00. The number of halogens is 2. The molecule has 1 rings (SSSR count). The zero-order valence-corrected chi connectivity index (χ0v) is 8.84. The minimum atomic E-state index is -0.736. The lowest BCUT2D eigenvalue weighted by Crippen LogP contribution is -2.24. The molecule has 1 aromatic rings. The fourth-order valence-electron chi connectivity index (χ4n) is 1.29. The molecule has 3 nitrogen and oxygen atoms in total. The first-order valence-electron chi connectivity index (χ1n) is 4.75. The highest BCUT2D eigenvalue weighted by molar-refractivity contribution is 5.25. The van der Waals surface area contributed by atoms with Crippen molar-refractivity contribution < 1.29 is 13.5 Å². The Kier molecular flexibility index (Phi) is 4.83. The Labute approximate surface area is 92.6 Å².